The van der Waals surface area contributed by atoms with E-state index in [4.69, 9.17) is 15.0 Å². The third kappa shape index (κ3) is 8.63. The maximum absolute atomic E-state index is 10.7. The summed E-state index contributed by atoms with van der Waals surface area (Å²) in [6.45, 7) is 5.99. The molecule has 3 heterocycles. The second-order valence-corrected chi connectivity index (χ2v) is 12.6. The van der Waals surface area contributed by atoms with Crippen molar-refractivity contribution in [3.63, 3.8) is 0 Å². The Bertz CT molecular complexity index is 1790. The van der Waals surface area contributed by atoms with E-state index in [2.05, 4.69) is 108 Å². The van der Waals surface area contributed by atoms with Gasteiger partial charge in [0.05, 0.1) is 33.8 Å². The topological polar surface area (TPSA) is 47.9 Å². The van der Waals surface area contributed by atoms with Crippen LogP contribution in [0.3, 0.4) is 0 Å². The van der Waals surface area contributed by atoms with Crippen molar-refractivity contribution in [1.82, 2.24) is 19.8 Å². The monoisotopic (exact) mass is 694 g/mol. The van der Waals surface area contributed by atoms with Gasteiger partial charge < -0.3 is 14.7 Å². The number of rotatable bonds is 4. The minimum absolute atomic E-state index is 0. The summed E-state index contributed by atoms with van der Waals surface area (Å²) >= 11 is 0. The van der Waals surface area contributed by atoms with E-state index >= 15 is 0 Å². The zero-order valence-corrected chi connectivity index (χ0v) is 26.5. The van der Waals surface area contributed by atoms with Gasteiger partial charge in [0, 0.05) is 66.4 Å². The fourth-order valence-corrected chi connectivity index (χ4v) is 5.03. The summed E-state index contributed by atoms with van der Waals surface area (Å²) in [7, 11) is -6.47. The quantitative estimate of drug-likeness (QED) is 0.106. The molecule has 5 aromatic rings. The van der Waals surface area contributed by atoms with E-state index in [0.29, 0.717) is 0 Å². The van der Waals surface area contributed by atoms with Gasteiger partial charge in [-0.2, -0.15) is 0 Å². The van der Waals surface area contributed by atoms with Crippen LogP contribution >= 0.6 is 7.81 Å². The zero-order valence-electron chi connectivity index (χ0n) is 24.7. The summed E-state index contributed by atoms with van der Waals surface area (Å²) in [6.07, 6.45) is 0. The number of halogens is 6. The van der Waals surface area contributed by atoms with Gasteiger partial charge in [0.15, 0.2) is 0 Å². The number of benzene rings is 3. The van der Waals surface area contributed by atoms with Crippen molar-refractivity contribution >= 4 is 58.3 Å². The van der Waals surface area contributed by atoms with Crippen LogP contribution in [-0.4, -0.2) is 52.9 Å². The van der Waals surface area contributed by atoms with Crippen molar-refractivity contribution in [2.75, 3.05) is 32.1 Å². The van der Waals surface area contributed by atoms with Gasteiger partial charge in [0.1, 0.15) is 0 Å². The molecule has 6 nitrogen and oxygen atoms in total. The van der Waals surface area contributed by atoms with Crippen molar-refractivity contribution in [2.24, 2.45) is 4.99 Å². The van der Waals surface area contributed by atoms with E-state index in [-0.39, 0.29) is 17.1 Å². The third-order valence-corrected chi connectivity index (χ3v) is 6.95. The number of guanidine groups is 1. The van der Waals surface area contributed by atoms with Gasteiger partial charge in [-0.05, 0) is 50.2 Å². The number of likely N-dealkylation sites (N-methyl/N-ethyl adjacent to an activating group) is 2. The number of fused-ring (bicyclic) bond motifs is 2. The van der Waals surface area contributed by atoms with Crippen LogP contribution in [0.2, 0.25) is 0 Å². The minimum atomic E-state index is -10.7. The summed E-state index contributed by atoms with van der Waals surface area (Å²) in [5.74, 6) is 0.964. The normalized spacial score (nSPS) is 14.8. The number of nitrogens with zero attached hydrogens (tertiary/aromatic N) is 6. The average Bonchev–Trinajstić information content (AvgIpc) is 3.25. The Labute approximate surface area is 267 Å². The fraction of sp³-hybridized carbons (Fsp3) is 0.194. The second kappa shape index (κ2) is 11.8. The van der Waals surface area contributed by atoms with Crippen LogP contribution in [-0.2, 0) is 17.1 Å². The van der Waals surface area contributed by atoms with Gasteiger partial charge in [-0.3, -0.25) is 9.97 Å². The molecule has 6 rings (SSSR count). The molecule has 243 valence electrons. The van der Waals surface area contributed by atoms with Crippen molar-refractivity contribution in [2.45, 2.75) is 13.8 Å². The predicted molar refractivity (Wildman–Crippen MR) is 167 cm³/mol. The van der Waals surface area contributed by atoms with E-state index in [1.807, 2.05) is 19.9 Å². The van der Waals surface area contributed by atoms with Crippen molar-refractivity contribution in [1.29, 1.82) is 0 Å². The number of aliphatic imine (C=N–C) groups is 1. The van der Waals surface area contributed by atoms with E-state index in [1.165, 1.54) is 0 Å². The van der Waals surface area contributed by atoms with E-state index in [0.717, 1.165) is 75.0 Å². The molecule has 1 aliphatic rings. The Kier molecular flexibility index (Phi) is 8.89. The van der Waals surface area contributed by atoms with Crippen molar-refractivity contribution in [3.8, 4) is 0 Å². The van der Waals surface area contributed by atoms with Gasteiger partial charge in [-0.1, -0.05) is 48.5 Å². The first kappa shape index (κ1) is 34.0. The van der Waals surface area contributed by atoms with Crippen molar-refractivity contribution < 1.29 is 42.3 Å². The molecule has 1 aliphatic heterocycles. The number of hydrogen-bond donors (Lipinski definition) is 0. The number of para-hydroxylation sites is 4. The Hall–Kier alpha value is -3.92. The number of anilines is 3. The number of pyridine rings is 2. The molecular formula is C31H30CuF6N6P-. The Morgan fingerprint density at radius 3 is 1.51 bits per heavy atom. The second-order valence-electron chi connectivity index (χ2n) is 10.6. The maximum atomic E-state index is 9.87. The number of aromatic nitrogens is 2. The number of aryl methyl sites for hydroxylation is 2. The van der Waals surface area contributed by atoms with Crippen LogP contribution < -0.4 is 4.90 Å². The third-order valence-electron chi connectivity index (χ3n) is 6.95. The minimum Gasteiger partial charge on any atom is 0 e. The van der Waals surface area contributed by atoms with E-state index < -0.39 is 7.81 Å². The summed E-state index contributed by atoms with van der Waals surface area (Å²) in [5, 5.41) is 2.19. The molecule has 0 spiro atoms. The molecular weight excluding hydrogens is 665 g/mol. The molecule has 0 bridgehead atoms. The molecule has 1 saturated heterocycles. The Morgan fingerprint density at radius 1 is 0.622 bits per heavy atom. The smallest absolute Gasteiger partial charge is 0 e. The number of hydrogen-bond acceptors (Lipinski definition) is 4. The fourth-order valence-electron chi connectivity index (χ4n) is 5.03. The zero-order chi connectivity index (χ0) is 31.9. The summed E-state index contributed by atoms with van der Waals surface area (Å²) in [4.78, 5) is 21.8. The standard InChI is InChI=1S/C31H30N6.Cu.F6P/c1-21-15-17-23-9-7-13-27(29(23)32-21)37(28-14-8-10-24-18-16-22(2)33-30(24)28)26-12-6-5-11-25(26)34-31-35(3)19-20-36(31)4;;1-7(2,3,4,5)6/h5-18H,19-20H2,1-4H3;;/q;;-1. The molecule has 0 aliphatic carbocycles. The first-order valence-electron chi connectivity index (χ1n) is 13.6. The van der Waals surface area contributed by atoms with Crippen LogP contribution in [0.15, 0.2) is 89.9 Å². The molecule has 0 saturated carbocycles. The van der Waals surface area contributed by atoms with Crippen LogP contribution in [0.5, 0.6) is 0 Å². The first-order valence-corrected chi connectivity index (χ1v) is 15.7. The molecule has 45 heavy (non-hydrogen) atoms. The Morgan fingerprint density at radius 2 is 1.04 bits per heavy atom. The van der Waals surface area contributed by atoms with Crippen LogP contribution in [0, 0.1) is 13.8 Å². The van der Waals surface area contributed by atoms with Gasteiger partial charge in [-0.15, -0.1) is 0 Å². The predicted octanol–water partition coefficient (Wildman–Crippen LogP) is 10.1. The average molecular weight is 695 g/mol. The molecule has 3 aromatic carbocycles. The molecule has 1 radical (unpaired) electrons. The molecule has 1 fully saturated rings. The van der Waals surface area contributed by atoms with Gasteiger partial charge in [0.25, 0.3) is 0 Å². The molecule has 2 aromatic heterocycles. The van der Waals surface area contributed by atoms with Gasteiger partial charge in [0.2, 0.25) is 5.96 Å². The van der Waals surface area contributed by atoms with E-state index in [9.17, 15) is 25.2 Å². The van der Waals surface area contributed by atoms with Crippen LogP contribution in [0.1, 0.15) is 11.4 Å². The molecule has 0 amide bonds. The SMILES string of the molecule is Cc1ccc2cccc(N(c3ccccc3N=C3N(C)CCN3C)c3cccc4ccc(C)nc34)c2n1.F[P-](F)(F)(F)(F)F.[Cu]. The first-order chi connectivity index (χ1) is 20.4. The van der Waals surface area contributed by atoms with E-state index in [1.54, 1.807) is 0 Å². The Balaban J connectivity index is 0.000000519. The largest absolute Gasteiger partial charge is 0 e. The molecule has 14 heteroatoms. The molecule has 0 atom stereocenters. The molecule has 0 unspecified atom stereocenters. The van der Waals surface area contributed by atoms with Crippen LogP contribution in [0.4, 0.5) is 47.9 Å². The van der Waals surface area contributed by atoms with Crippen molar-refractivity contribution in [3.05, 3.63) is 96.3 Å². The summed E-state index contributed by atoms with van der Waals surface area (Å²) < 4.78 is 59.2. The van der Waals surface area contributed by atoms with Gasteiger partial charge in [-0.25, -0.2) is 4.99 Å². The summed E-state index contributed by atoms with van der Waals surface area (Å²) in [6, 6.07) is 29.4. The molecule has 0 N–H and O–H groups in total. The van der Waals surface area contributed by atoms with Crippen LogP contribution in [0.25, 0.3) is 21.8 Å². The van der Waals surface area contributed by atoms with Gasteiger partial charge >= 0.3 is 33.0 Å². The summed E-state index contributed by atoms with van der Waals surface area (Å²) in [5.41, 5.74) is 7.73. The maximum Gasteiger partial charge on any atom is 0 e.